The van der Waals surface area contributed by atoms with Gasteiger partial charge in [-0.1, -0.05) is 23.7 Å². The van der Waals surface area contributed by atoms with Gasteiger partial charge in [0.15, 0.2) is 0 Å². The number of nitrogens with zero attached hydrogens (tertiary/aromatic N) is 1. The molecule has 0 bridgehead atoms. The second-order valence-electron chi connectivity index (χ2n) is 7.50. The van der Waals surface area contributed by atoms with Gasteiger partial charge in [0.25, 0.3) is 0 Å². The summed E-state index contributed by atoms with van der Waals surface area (Å²) in [6.45, 7) is 7.97. The number of hydroxylamine groups is 1. The maximum absolute atomic E-state index is 12.0. The highest BCUT2D eigenvalue weighted by atomic mass is 35.5. The molecule has 0 aliphatic heterocycles. The third-order valence-corrected chi connectivity index (χ3v) is 4.00. The van der Waals surface area contributed by atoms with Crippen LogP contribution >= 0.6 is 11.6 Å². The van der Waals surface area contributed by atoms with E-state index in [0.29, 0.717) is 18.2 Å². The van der Waals surface area contributed by atoms with Crippen molar-refractivity contribution in [1.82, 2.24) is 15.8 Å². The molecule has 1 amide bonds. The normalized spacial score (nSPS) is 20.6. The van der Waals surface area contributed by atoms with Crippen molar-refractivity contribution in [2.45, 2.75) is 64.7 Å². The zero-order chi connectivity index (χ0) is 18.5. The van der Waals surface area contributed by atoms with E-state index in [9.17, 15) is 4.79 Å². The Morgan fingerprint density at radius 3 is 2.72 bits per heavy atom. The van der Waals surface area contributed by atoms with Crippen molar-refractivity contribution in [3.63, 3.8) is 0 Å². The number of carbonyl (C=O) groups excluding carboxylic acids is 1. The predicted octanol–water partition coefficient (Wildman–Crippen LogP) is 4.11. The number of carbonyl (C=O) groups is 1. The first-order valence-corrected chi connectivity index (χ1v) is 8.71. The molecule has 2 N–H and O–H groups in total. The molecule has 1 aromatic heterocycles. The Morgan fingerprint density at radius 2 is 2.16 bits per heavy atom. The molecule has 0 aromatic carbocycles. The molecular formula is C18H26ClN3O3. The summed E-state index contributed by atoms with van der Waals surface area (Å²) in [6, 6.07) is 3.60. The molecule has 1 aromatic rings. The van der Waals surface area contributed by atoms with Gasteiger partial charge in [0.05, 0.1) is 0 Å². The molecule has 0 saturated heterocycles. The number of nitrogens with one attached hydrogen (secondary N) is 2. The summed E-state index contributed by atoms with van der Waals surface area (Å²) in [5.41, 5.74) is 4.10. The maximum Gasteiger partial charge on any atom is 0.408 e. The van der Waals surface area contributed by atoms with E-state index in [-0.39, 0.29) is 11.6 Å². The lowest BCUT2D eigenvalue weighted by Crippen LogP contribution is -2.49. The van der Waals surface area contributed by atoms with Crippen LogP contribution in [-0.2, 0) is 16.2 Å². The van der Waals surface area contributed by atoms with Crippen LogP contribution in [0.1, 0.15) is 52.5 Å². The first-order chi connectivity index (χ1) is 11.7. The molecule has 6 nitrogen and oxygen atoms in total. The van der Waals surface area contributed by atoms with E-state index < -0.39 is 5.60 Å². The number of hydrogen-bond donors (Lipinski definition) is 2. The Labute approximate surface area is 153 Å². The second kappa shape index (κ2) is 8.06. The Morgan fingerprint density at radius 1 is 1.40 bits per heavy atom. The quantitative estimate of drug-likeness (QED) is 0.605. The largest absolute Gasteiger partial charge is 0.444 e. The van der Waals surface area contributed by atoms with Crippen molar-refractivity contribution >= 4 is 17.7 Å². The third kappa shape index (κ3) is 6.92. The van der Waals surface area contributed by atoms with Crippen LogP contribution in [0.15, 0.2) is 30.1 Å². The van der Waals surface area contributed by atoms with E-state index in [1.807, 2.05) is 39.8 Å². The molecule has 7 heteroatoms. The number of pyridine rings is 1. The van der Waals surface area contributed by atoms with E-state index in [1.54, 1.807) is 12.3 Å². The molecule has 1 atom stereocenters. The Hall–Kier alpha value is -1.79. The van der Waals surface area contributed by atoms with Gasteiger partial charge in [0, 0.05) is 17.4 Å². The van der Waals surface area contributed by atoms with Crippen LogP contribution in [0.25, 0.3) is 0 Å². The number of aromatic nitrogens is 1. The molecule has 0 radical (unpaired) electrons. The Kier molecular flexibility index (Phi) is 6.30. The first-order valence-electron chi connectivity index (χ1n) is 8.34. The van der Waals surface area contributed by atoms with Crippen LogP contribution in [0.4, 0.5) is 4.79 Å². The van der Waals surface area contributed by atoms with E-state index in [4.69, 9.17) is 21.2 Å². The molecule has 1 heterocycles. The number of halogens is 1. The lowest BCUT2D eigenvalue weighted by molar-refractivity contribution is 0.0395. The molecule has 1 aliphatic carbocycles. The topological polar surface area (TPSA) is 72.5 Å². The minimum atomic E-state index is -0.498. The fourth-order valence-electron chi connectivity index (χ4n) is 2.42. The van der Waals surface area contributed by atoms with Crippen LogP contribution in [-0.4, -0.2) is 22.2 Å². The number of rotatable bonds is 5. The summed E-state index contributed by atoms with van der Waals surface area (Å²) >= 11 is 5.75. The number of alkyl carbamates (subject to hydrolysis) is 1. The van der Waals surface area contributed by atoms with Crippen molar-refractivity contribution in [3.05, 3.63) is 40.8 Å². The van der Waals surface area contributed by atoms with Crippen LogP contribution in [0.5, 0.6) is 0 Å². The van der Waals surface area contributed by atoms with Crippen molar-refractivity contribution < 1.29 is 14.4 Å². The number of allylic oxidation sites excluding steroid dienone is 1. The van der Waals surface area contributed by atoms with Crippen molar-refractivity contribution in [2.75, 3.05) is 0 Å². The number of hydrogen-bond acceptors (Lipinski definition) is 5. The monoisotopic (exact) mass is 367 g/mol. The van der Waals surface area contributed by atoms with Gasteiger partial charge in [0.1, 0.15) is 17.4 Å². The SMILES string of the molecule is CC1(NC(=O)OC(C)(C)C)CC=C(NOCc2ccc(Cl)nc2)CC1. The highest BCUT2D eigenvalue weighted by Gasteiger charge is 2.30. The summed E-state index contributed by atoms with van der Waals surface area (Å²) in [4.78, 5) is 21.5. The first kappa shape index (κ1) is 19.5. The molecular weight excluding hydrogens is 342 g/mol. The molecule has 0 saturated carbocycles. The summed E-state index contributed by atoms with van der Waals surface area (Å²) in [5, 5.41) is 3.43. The van der Waals surface area contributed by atoms with E-state index in [0.717, 1.165) is 24.1 Å². The van der Waals surface area contributed by atoms with E-state index >= 15 is 0 Å². The van der Waals surface area contributed by atoms with Crippen LogP contribution < -0.4 is 10.8 Å². The molecule has 0 fully saturated rings. The van der Waals surface area contributed by atoms with Crippen LogP contribution in [0.2, 0.25) is 5.15 Å². The fourth-order valence-corrected chi connectivity index (χ4v) is 2.54. The van der Waals surface area contributed by atoms with E-state index in [1.165, 1.54) is 0 Å². The zero-order valence-corrected chi connectivity index (χ0v) is 15.9. The molecule has 1 aliphatic rings. The minimum absolute atomic E-state index is 0.312. The van der Waals surface area contributed by atoms with Gasteiger partial charge in [-0.25, -0.2) is 9.78 Å². The standard InChI is InChI=1S/C18H26ClN3O3/c1-17(2,3)25-16(23)21-18(4)9-7-14(8-10-18)22-24-12-13-5-6-15(19)20-11-13/h5-7,11,22H,8-10,12H2,1-4H3,(H,21,23). The maximum atomic E-state index is 12.0. The molecule has 138 valence electrons. The highest BCUT2D eigenvalue weighted by molar-refractivity contribution is 6.29. The van der Waals surface area contributed by atoms with Gasteiger partial charge in [-0.05, 0) is 58.6 Å². The van der Waals surface area contributed by atoms with Crippen LogP contribution in [0.3, 0.4) is 0 Å². The fraction of sp³-hybridized carbons (Fsp3) is 0.556. The van der Waals surface area contributed by atoms with Gasteiger partial charge in [-0.3, -0.25) is 10.3 Å². The van der Waals surface area contributed by atoms with Crippen molar-refractivity contribution in [2.24, 2.45) is 0 Å². The number of amides is 1. The predicted molar refractivity (Wildman–Crippen MR) is 96.9 cm³/mol. The van der Waals surface area contributed by atoms with Crippen molar-refractivity contribution in [3.8, 4) is 0 Å². The lowest BCUT2D eigenvalue weighted by Gasteiger charge is -2.34. The van der Waals surface area contributed by atoms with Gasteiger partial charge in [-0.2, -0.15) is 0 Å². The Bertz CT molecular complexity index is 625. The van der Waals surface area contributed by atoms with Gasteiger partial charge >= 0.3 is 6.09 Å². The van der Waals surface area contributed by atoms with E-state index in [2.05, 4.69) is 15.8 Å². The van der Waals surface area contributed by atoms with Gasteiger partial charge in [-0.15, -0.1) is 0 Å². The molecule has 25 heavy (non-hydrogen) atoms. The molecule has 1 unspecified atom stereocenters. The molecule has 0 spiro atoms. The van der Waals surface area contributed by atoms with Gasteiger partial charge in [0.2, 0.25) is 0 Å². The summed E-state index contributed by atoms with van der Waals surface area (Å²) in [5.74, 6) is 0. The van der Waals surface area contributed by atoms with Crippen molar-refractivity contribution in [1.29, 1.82) is 0 Å². The minimum Gasteiger partial charge on any atom is -0.444 e. The smallest absolute Gasteiger partial charge is 0.408 e. The molecule has 2 rings (SSSR count). The second-order valence-corrected chi connectivity index (χ2v) is 7.89. The average Bonchev–Trinajstić information content (AvgIpc) is 2.49. The zero-order valence-electron chi connectivity index (χ0n) is 15.2. The van der Waals surface area contributed by atoms with Crippen LogP contribution in [0, 0.1) is 0 Å². The summed E-state index contributed by atoms with van der Waals surface area (Å²) in [6.07, 6.45) is 5.64. The highest BCUT2D eigenvalue weighted by Crippen LogP contribution is 2.26. The Balaban J connectivity index is 1.77. The lowest BCUT2D eigenvalue weighted by atomic mass is 9.86. The van der Waals surface area contributed by atoms with Gasteiger partial charge < -0.3 is 10.1 Å². The average molecular weight is 368 g/mol. The summed E-state index contributed by atoms with van der Waals surface area (Å²) in [7, 11) is 0. The third-order valence-electron chi connectivity index (χ3n) is 3.78. The number of ether oxygens (including phenoxy) is 1. The summed E-state index contributed by atoms with van der Waals surface area (Å²) < 4.78 is 5.33.